The van der Waals surface area contributed by atoms with E-state index in [1.807, 2.05) is 25.1 Å². The molecule has 0 fully saturated rings. The van der Waals surface area contributed by atoms with E-state index in [0.717, 1.165) is 5.56 Å². The molecule has 0 spiro atoms. The second-order valence-electron chi connectivity index (χ2n) is 4.27. The molecule has 1 atom stereocenters. The molecule has 0 saturated carbocycles. The summed E-state index contributed by atoms with van der Waals surface area (Å²) in [6.45, 7) is 1.89. The number of carbonyl (C=O) groups is 1. The summed E-state index contributed by atoms with van der Waals surface area (Å²) in [7, 11) is 3.16. The Kier molecular flexibility index (Phi) is 4.99. The number of rotatable bonds is 5. The van der Waals surface area contributed by atoms with Crippen molar-refractivity contribution in [3.05, 3.63) is 35.3 Å². The van der Waals surface area contributed by atoms with Crippen LogP contribution in [0.5, 0.6) is 11.5 Å². The number of hydrogen-bond donors (Lipinski definition) is 2. The normalized spacial score (nSPS) is 11.6. The summed E-state index contributed by atoms with van der Waals surface area (Å²) in [4.78, 5) is 15.9. The maximum atomic E-state index is 11.9. The smallest absolute Gasteiger partial charge is 0.321 e. The summed E-state index contributed by atoms with van der Waals surface area (Å²) in [5.74, 6) is 1.28. The molecule has 112 valence electrons. The molecule has 1 aromatic heterocycles. The van der Waals surface area contributed by atoms with E-state index in [9.17, 15) is 4.79 Å². The molecule has 6 nitrogen and oxygen atoms in total. The second-order valence-corrected chi connectivity index (χ2v) is 5.17. The van der Waals surface area contributed by atoms with Gasteiger partial charge in [0.1, 0.15) is 0 Å². The van der Waals surface area contributed by atoms with Gasteiger partial charge >= 0.3 is 6.03 Å². The minimum atomic E-state index is -0.299. The van der Waals surface area contributed by atoms with Gasteiger partial charge in [-0.05, 0) is 24.6 Å². The van der Waals surface area contributed by atoms with Crippen molar-refractivity contribution in [1.82, 2.24) is 10.3 Å². The van der Waals surface area contributed by atoms with Crippen molar-refractivity contribution in [3.8, 4) is 11.5 Å². The van der Waals surface area contributed by atoms with Crippen molar-refractivity contribution >= 4 is 22.5 Å². The molecular weight excluding hydrogens is 290 g/mol. The third-order valence-electron chi connectivity index (χ3n) is 2.91. The van der Waals surface area contributed by atoms with Crippen molar-refractivity contribution in [2.45, 2.75) is 13.0 Å². The number of benzene rings is 1. The van der Waals surface area contributed by atoms with Crippen LogP contribution in [0.1, 0.15) is 18.5 Å². The van der Waals surface area contributed by atoms with Gasteiger partial charge in [-0.15, -0.1) is 11.3 Å². The molecule has 2 aromatic rings. The highest BCUT2D eigenvalue weighted by Gasteiger charge is 2.13. The van der Waals surface area contributed by atoms with Crippen LogP contribution in [0.4, 0.5) is 9.93 Å². The van der Waals surface area contributed by atoms with E-state index < -0.39 is 0 Å². The zero-order valence-electron chi connectivity index (χ0n) is 12.0. The van der Waals surface area contributed by atoms with E-state index in [2.05, 4.69) is 15.6 Å². The van der Waals surface area contributed by atoms with Crippen LogP contribution in [0.3, 0.4) is 0 Å². The van der Waals surface area contributed by atoms with Crippen LogP contribution in [0.15, 0.2) is 29.8 Å². The van der Waals surface area contributed by atoms with E-state index in [-0.39, 0.29) is 12.1 Å². The monoisotopic (exact) mass is 307 g/mol. The lowest BCUT2D eigenvalue weighted by molar-refractivity contribution is 0.249. The lowest BCUT2D eigenvalue weighted by Crippen LogP contribution is -2.31. The fourth-order valence-corrected chi connectivity index (χ4v) is 2.34. The van der Waals surface area contributed by atoms with E-state index in [0.29, 0.717) is 16.6 Å². The predicted octanol–water partition coefficient (Wildman–Crippen LogP) is 3.04. The van der Waals surface area contributed by atoms with Crippen LogP contribution in [0, 0.1) is 0 Å². The number of thiazole rings is 1. The van der Waals surface area contributed by atoms with Gasteiger partial charge in [0, 0.05) is 11.6 Å². The molecule has 1 heterocycles. The van der Waals surface area contributed by atoms with Crippen LogP contribution >= 0.6 is 11.3 Å². The SMILES string of the molecule is COc1ccc(C(C)NC(=O)Nc2nccs2)cc1OC. The van der Waals surface area contributed by atoms with Crippen molar-refractivity contribution in [2.75, 3.05) is 19.5 Å². The summed E-state index contributed by atoms with van der Waals surface area (Å²) in [6, 6.07) is 5.06. The second kappa shape index (κ2) is 6.94. The first-order valence-corrected chi connectivity index (χ1v) is 7.21. The Morgan fingerprint density at radius 1 is 1.29 bits per heavy atom. The van der Waals surface area contributed by atoms with Crippen LogP contribution in [-0.2, 0) is 0 Å². The molecule has 2 N–H and O–H groups in total. The number of methoxy groups -OCH3 is 2. The number of nitrogens with one attached hydrogen (secondary N) is 2. The van der Waals surface area contributed by atoms with Crippen LogP contribution in [0.25, 0.3) is 0 Å². The van der Waals surface area contributed by atoms with Gasteiger partial charge in [0.15, 0.2) is 16.6 Å². The number of aromatic nitrogens is 1. The zero-order valence-corrected chi connectivity index (χ0v) is 12.9. The molecule has 21 heavy (non-hydrogen) atoms. The van der Waals surface area contributed by atoms with Crippen molar-refractivity contribution in [2.24, 2.45) is 0 Å². The highest BCUT2D eigenvalue weighted by Crippen LogP contribution is 2.29. The molecule has 2 amide bonds. The fourth-order valence-electron chi connectivity index (χ4n) is 1.82. The molecule has 1 aromatic carbocycles. The molecule has 0 radical (unpaired) electrons. The van der Waals surface area contributed by atoms with Gasteiger partial charge in [0.25, 0.3) is 0 Å². The lowest BCUT2D eigenvalue weighted by atomic mass is 10.1. The minimum Gasteiger partial charge on any atom is -0.493 e. The van der Waals surface area contributed by atoms with Gasteiger partial charge in [-0.3, -0.25) is 5.32 Å². The number of amides is 2. The van der Waals surface area contributed by atoms with Crippen LogP contribution < -0.4 is 20.1 Å². The Hall–Kier alpha value is -2.28. The molecule has 0 aliphatic carbocycles. The zero-order chi connectivity index (χ0) is 15.2. The minimum absolute atomic E-state index is 0.176. The number of ether oxygens (including phenoxy) is 2. The predicted molar refractivity (Wildman–Crippen MR) is 82.2 cm³/mol. The maximum Gasteiger partial charge on any atom is 0.321 e. The van der Waals surface area contributed by atoms with E-state index in [1.54, 1.807) is 25.8 Å². The third kappa shape index (κ3) is 3.85. The first-order valence-electron chi connectivity index (χ1n) is 6.33. The fraction of sp³-hybridized carbons (Fsp3) is 0.286. The van der Waals surface area contributed by atoms with Gasteiger partial charge < -0.3 is 14.8 Å². The van der Waals surface area contributed by atoms with Crippen LogP contribution in [0.2, 0.25) is 0 Å². The van der Waals surface area contributed by atoms with Gasteiger partial charge in [-0.25, -0.2) is 9.78 Å². The summed E-state index contributed by atoms with van der Waals surface area (Å²) in [6.07, 6.45) is 1.64. The van der Waals surface area contributed by atoms with E-state index in [4.69, 9.17) is 9.47 Å². The Morgan fingerprint density at radius 2 is 2.05 bits per heavy atom. The molecule has 7 heteroatoms. The maximum absolute atomic E-state index is 11.9. The molecular formula is C14H17N3O3S. The highest BCUT2D eigenvalue weighted by atomic mass is 32.1. The van der Waals surface area contributed by atoms with Gasteiger partial charge in [-0.1, -0.05) is 6.07 Å². The first kappa shape index (κ1) is 15.1. The van der Waals surface area contributed by atoms with Crippen LogP contribution in [-0.4, -0.2) is 25.2 Å². The van der Waals surface area contributed by atoms with E-state index >= 15 is 0 Å². The number of anilines is 1. The van der Waals surface area contributed by atoms with Gasteiger partial charge in [0.05, 0.1) is 20.3 Å². The Labute approximate surface area is 127 Å². The Bertz CT molecular complexity index is 602. The summed E-state index contributed by atoms with van der Waals surface area (Å²) in [5, 5.41) is 7.88. The Morgan fingerprint density at radius 3 is 2.67 bits per heavy atom. The van der Waals surface area contributed by atoms with Gasteiger partial charge in [0.2, 0.25) is 0 Å². The molecule has 0 aliphatic heterocycles. The average molecular weight is 307 g/mol. The third-order valence-corrected chi connectivity index (χ3v) is 3.60. The number of hydrogen-bond acceptors (Lipinski definition) is 5. The topological polar surface area (TPSA) is 72.5 Å². The lowest BCUT2D eigenvalue weighted by Gasteiger charge is -2.16. The molecule has 0 aliphatic rings. The van der Waals surface area contributed by atoms with Crippen molar-refractivity contribution < 1.29 is 14.3 Å². The summed E-state index contributed by atoms with van der Waals surface area (Å²) in [5.41, 5.74) is 0.918. The Balaban J connectivity index is 2.02. The standard InChI is InChI=1S/C14H17N3O3S/c1-9(16-13(18)17-14-15-6-7-21-14)10-4-5-11(19-2)12(8-10)20-3/h4-9H,1-3H3,(H2,15,16,17,18). The quantitative estimate of drug-likeness (QED) is 0.890. The summed E-state index contributed by atoms with van der Waals surface area (Å²) < 4.78 is 10.4. The first-order chi connectivity index (χ1) is 10.1. The molecule has 0 saturated heterocycles. The molecule has 1 unspecified atom stereocenters. The molecule has 0 bridgehead atoms. The number of carbonyl (C=O) groups excluding carboxylic acids is 1. The number of nitrogens with zero attached hydrogens (tertiary/aromatic N) is 1. The van der Waals surface area contributed by atoms with Crippen molar-refractivity contribution in [1.29, 1.82) is 0 Å². The largest absolute Gasteiger partial charge is 0.493 e. The average Bonchev–Trinajstić information content (AvgIpc) is 2.99. The summed E-state index contributed by atoms with van der Waals surface area (Å²) >= 11 is 1.37. The van der Waals surface area contributed by atoms with E-state index in [1.165, 1.54) is 11.3 Å². The number of urea groups is 1. The van der Waals surface area contributed by atoms with Gasteiger partial charge in [-0.2, -0.15) is 0 Å². The highest BCUT2D eigenvalue weighted by molar-refractivity contribution is 7.13. The molecule has 2 rings (SSSR count). The van der Waals surface area contributed by atoms with Crippen molar-refractivity contribution in [3.63, 3.8) is 0 Å².